The van der Waals surface area contributed by atoms with Crippen LogP contribution in [0.5, 0.6) is 11.9 Å². The summed E-state index contributed by atoms with van der Waals surface area (Å²) in [5, 5.41) is 13.6. The summed E-state index contributed by atoms with van der Waals surface area (Å²) in [6.07, 6.45) is 0.661. The van der Waals surface area contributed by atoms with Gasteiger partial charge in [-0.3, -0.25) is 15.1 Å². The zero-order valence-electron chi connectivity index (χ0n) is 41.0. The molecule has 0 spiro atoms. The Morgan fingerprint density at radius 2 is 1.71 bits per heavy atom. The van der Waals surface area contributed by atoms with Gasteiger partial charge in [-0.1, -0.05) is 59.6 Å². The van der Waals surface area contributed by atoms with Crippen molar-refractivity contribution in [3.05, 3.63) is 41.5 Å². The third kappa shape index (κ3) is 8.59. The van der Waals surface area contributed by atoms with E-state index < -0.39 is 55.7 Å². The molecular weight excluding hydrogens is 889 g/mol. The Labute approximate surface area is 398 Å². The smallest absolute Gasteiger partial charge is 0.412 e. The number of anilines is 2. The number of piperazine rings is 1. The van der Waals surface area contributed by atoms with Crippen molar-refractivity contribution in [2.75, 3.05) is 56.2 Å². The summed E-state index contributed by atoms with van der Waals surface area (Å²) in [4.78, 5) is 46.8. The van der Waals surface area contributed by atoms with Gasteiger partial charge in [0.25, 0.3) is 0 Å². The van der Waals surface area contributed by atoms with Crippen molar-refractivity contribution in [3.8, 4) is 34.6 Å². The van der Waals surface area contributed by atoms with Crippen LogP contribution >= 0.6 is 0 Å². The minimum absolute atomic E-state index is 0.0239. The third-order valence-electron chi connectivity index (χ3n) is 15.1. The predicted octanol–water partition coefficient (Wildman–Crippen LogP) is 10.0. The van der Waals surface area contributed by atoms with Crippen LogP contribution in [-0.2, 0) is 9.47 Å². The first kappa shape index (κ1) is 47.7. The molecule has 5 aliphatic rings. The second kappa shape index (κ2) is 17.9. The lowest BCUT2D eigenvalue weighted by molar-refractivity contribution is 0.0231. The predicted molar refractivity (Wildman–Crippen MR) is 260 cm³/mol. The molecule has 4 unspecified atom stereocenters. The average molecular weight is 954 g/mol. The number of carbonyl (C=O) groups excluding carboxylic acids is 1. The fraction of sp³-hybridized carbons (Fsp3) is 0.588. The first-order valence-corrected chi connectivity index (χ1v) is 26.5. The van der Waals surface area contributed by atoms with E-state index in [1.165, 1.54) is 11.0 Å². The first-order valence-electron chi connectivity index (χ1n) is 24.3. The van der Waals surface area contributed by atoms with Crippen LogP contribution in [0.25, 0.3) is 32.9 Å². The molecule has 364 valence electrons. The summed E-state index contributed by atoms with van der Waals surface area (Å²) >= 11 is 0. The van der Waals surface area contributed by atoms with Gasteiger partial charge in [0.2, 0.25) is 5.88 Å². The minimum atomic E-state index is -2.33. The van der Waals surface area contributed by atoms with Crippen molar-refractivity contribution in [2.24, 2.45) is 5.41 Å². The van der Waals surface area contributed by atoms with Gasteiger partial charge in [-0.25, -0.2) is 23.4 Å². The quantitative estimate of drug-likeness (QED) is 0.115. The number of hydrogen-bond acceptors (Lipinski definition) is 11. The standard InChI is InChI=1S/C51H65F2N7O7Si/c1-28(2)68(29(3)4,30(5)6)23-16-32-12-11-13-34-38(32)35(24-36(40(34)52)54-48(61)67-50(8,9)10)42-41(53)43-39-45(57-47(56-43)65-27-51(17-18-51)26-58-19-21-64-22-20-58)59-25-33-14-15-37(60(33)49(62)63)44(59)31(7)66-46(39)55-42/h11-13,24,28-31,33,37,44H,14-15,17-22,25-27H2,1-10H3,(H,54,61)(H,62,63). The number of pyridine rings is 1. The molecule has 2 bridgehead atoms. The second-order valence-electron chi connectivity index (χ2n) is 21.6. The van der Waals surface area contributed by atoms with Gasteiger partial charge < -0.3 is 29.0 Å². The number of halogens is 2. The molecule has 1 saturated carbocycles. The lowest BCUT2D eigenvalue weighted by Crippen LogP contribution is -2.64. The molecule has 4 atom stereocenters. The van der Waals surface area contributed by atoms with Gasteiger partial charge in [0.1, 0.15) is 42.2 Å². The van der Waals surface area contributed by atoms with Crippen LogP contribution in [0.4, 0.5) is 29.9 Å². The highest BCUT2D eigenvalue weighted by atomic mass is 28.3. The van der Waals surface area contributed by atoms with Gasteiger partial charge in [0.05, 0.1) is 43.6 Å². The van der Waals surface area contributed by atoms with Crippen LogP contribution in [0, 0.1) is 28.5 Å². The Hall–Kier alpha value is -5.31. The molecule has 4 aliphatic heterocycles. The number of benzene rings is 2. The van der Waals surface area contributed by atoms with Crippen LogP contribution in [0.1, 0.15) is 100 Å². The molecule has 2 aromatic carbocycles. The number of rotatable bonds is 10. The number of aromatic nitrogens is 3. The highest BCUT2D eigenvalue weighted by Gasteiger charge is 2.53. The lowest BCUT2D eigenvalue weighted by atomic mass is 9.95. The Bertz CT molecular complexity index is 2690. The number of nitrogens with one attached hydrogen (secondary N) is 1. The van der Waals surface area contributed by atoms with E-state index in [-0.39, 0.29) is 56.6 Å². The zero-order valence-corrected chi connectivity index (χ0v) is 42.0. The molecule has 2 amide bonds. The minimum Gasteiger partial charge on any atom is -0.472 e. The molecule has 2 aromatic heterocycles. The number of fused-ring (bicyclic) bond motifs is 6. The molecule has 4 fully saturated rings. The molecule has 4 aromatic rings. The third-order valence-corrected chi connectivity index (χ3v) is 21.4. The van der Waals surface area contributed by atoms with Crippen molar-refractivity contribution in [3.63, 3.8) is 0 Å². The molecule has 9 rings (SSSR count). The number of ether oxygens (including phenoxy) is 4. The summed E-state index contributed by atoms with van der Waals surface area (Å²) in [6.45, 7) is 24.7. The first-order chi connectivity index (χ1) is 32.2. The monoisotopic (exact) mass is 953 g/mol. The van der Waals surface area contributed by atoms with Gasteiger partial charge in [-0.15, -0.1) is 5.54 Å². The summed E-state index contributed by atoms with van der Waals surface area (Å²) in [5.41, 5.74) is 3.73. The van der Waals surface area contributed by atoms with Crippen LogP contribution < -0.4 is 19.7 Å². The maximum absolute atomic E-state index is 18.3. The molecule has 68 heavy (non-hydrogen) atoms. The Balaban J connectivity index is 1.26. The van der Waals surface area contributed by atoms with E-state index in [4.69, 9.17) is 33.9 Å². The van der Waals surface area contributed by atoms with E-state index in [1.807, 2.05) is 17.9 Å². The maximum Gasteiger partial charge on any atom is 0.412 e. The van der Waals surface area contributed by atoms with E-state index in [1.54, 1.807) is 32.9 Å². The normalized spacial score (nSPS) is 22.2. The van der Waals surface area contributed by atoms with Crippen molar-refractivity contribution in [2.45, 2.75) is 141 Å². The molecule has 17 heteroatoms. The van der Waals surface area contributed by atoms with Gasteiger partial charge in [-0.2, -0.15) is 9.97 Å². The van der Waals surface area contributed by atoms with E-state index in [0.29, 0.717) is 72.6 Å². The molecule has 1 aliphatic carbocycles. The number of carbonyl (C=O) groups is 2. The van der Waals surface area contributed by atoms with Crippen molar-refractivity contribution in [1.29, 1.82) is 0 Å². The Morgan fingerprint density at radius 3 is 2.35 bits per heavy atom. The highest BCUT2D eigenvalue weighted by Crippen LogP contribution is 2.50. The topological polar surface area (TPSA) is 152 Å². The second-order valence-corrected chi connectivity index (χ2v) is 27.1. The summed E-state index contributed by atoms with van der Waals surface area (Å²) in [7, 11) is -2.33. The number of morpholine rings is 1. The highest BCUT2D eigenvalue weighted by molar-refractivity contribution is 6.90. The molecule has 0 radical (unpaired) electrons. The number of nitrogens with zero attached hydrogens (tertiary/aromatic N) is 6. The van der Waals surface area contributed by atoms with Gasteiger partial charge in [0.15, 0.2) is 11.6 Å². The van der Waals surface area contributed by atoms with Crippen molar-refractivity contribution < 1.29 is 42.4 Å². The van der Waals surface area contributed by atoms with E-state index in [0.717, 1.165) is 32.5 Å². The summed E-state index contributed by atoms with van der Waals surface area (Å²) in [5.74, 6) is 2.31. The number of amides is 2. The van der Waals surface area contributed by atoms with Crippen molar-refractivity contribution in [1.82, 2.24) is 24.8 Å². The molecule has 3 saturated heterocycles. The fourth-order valence-electron chi connectivity index (χ4n) is 11.8. The van der Waals surface area contributed by atoms with Gasteiger partial charge in [0, 0.05) is 53.5 Å². The Kier molecular flexibility index (Phi) is 12.6. The SMILES string of the molecule is CC1Oc2nc(-c3cc(NC(=O)OC(C)(C)C)c(F)c4cccc(C#C[Si](C(C)C)(C(C)C)C(C)C)c34)c(F)c3nc(OCC4(CN5CCOCC5)CC4)nc(c23)N2CC3CCC(C12)N3C(=O)O. The molecular formula is C51H65F2N7O7Si. The van der Waals surface area contributed by atoms with Gasteiger partial charge >= 0.3 is 18.2 Å². The van der Waals surface area contributed by atoms with E-state index >= 15 is 8.78 Å². The average Bonchev–Trinajstić information content (AvgIpc) is 3.98. The van der Waals surface area contributed by atoms with E-state index in [9.17, 15) is 14.7 Å². The fourth-order valence-corrected chi connectivity index (χ4v) is 17.0. The zero-order chi connectivity index (χ0) is 48.6. The maximum atomic E-state index is 18.3. The number of carboxylic acid groups (broad SMARTS) is 1. The number of hydrogen-bond donors (Lipinski definition) is 2. The summed E-state index contributed by atoms with van der Waals surface area (Å²) < 4.78 is 59.8. The molecule has 6 heterocycles. The van der Waals surface area contributed by atoms with Crippen molar-refractivity contribution >= 4 is 53.4 Å². The van der Waals surface area contributed by atoms with Crippen LogP contribution in [0.2, 0.25) is 16.6 Å². The van der Waals surface area contributed by atoms with Gasteiger partial charge in [-0.05, 0) is 82.1 Å². The Morgan fingerprint density at radius 1 is 1.00 bits per heavy atom. The molecule has 14 nitrogen and oxygen atoms in total. The largest absolute Gasteiger partial charge is 0.472 e. The van der Waals surface area contributed by atoms with Crippen LogP contribution in [-0.4, -0.2) is 126 Å². The lowest BCUT2D eigenvalue weighted by Gasteiger charge is -2.47. The molecule has 2 N–H and O–H groups in total. The van der Waals surface area contributed by atoms with Crippen LogP contribution in [0.15, 0.2) is 24.3 Å². The van der Waals surface area contributed by atoms with E-state index in [2.05, 4.69) is 63.2 Å². The summed E-state index contributed by atoms with van der Waals surface area (Å²) in [6, 6.07) is 5.21. The van der Waals surface area contributed by atoms with Crippen LogP contribution in [0.3, 0.4) is 0 Å².